The molecule has 0 atom stereocenters. The van der Waals surface area contributed by atoms with Gasteiger partial charge in [-0.25, -0.2) is 13.1 Å². The third-order valence-corrected chi connectivity index (χ3v) is 4.75. The van der Waals surface area contributed by atoms with Gasteiger partial charge in [0.1, 0.15) is 10.6 Å². The van der Waals surface area contributed by atoms with Gasteiger partial charge < -0.3 is 5.73 Å². The Balaban J connectivity index is 2.89. The predicted molar refractivity (Wildman–Crippen MR) is 71.9 cm³/mol. The van der Waals surface area contributed by atoms with Crippen LogP contribution in [0.5, 0.6) is 0 Å². The number of nitrogens with one attached hydrogen (secondary N) is 1. The second kappa shape index (κ2) is 6.29. The molecule has 1 aromatic heterocycles. The van der Waals surface area contributed by atoms with Crippen LogP contribution < -0.4 is 10.5 Å². The Morgan fingerprint density at radius 2 is 1.81 bits per heavy atom. The van der Waals surface area contributed by atoms with Crippen LogP contribution in [0.15, 0.2) is 23.2 Å². The number of sulfonamides is 1. The lowest BCUT2D eigenvalue weighted by Crippen LogP contribution is -2.49. The van der Waals surface area contributed by atoms with Crippen LogP contribution in [0.25, 0.3) is 0 Å². The van der Waals surface area contributed by atoms with E-state index in [4.69, 9.17) is 5.73 Å². The fourth-order valence-electron chi connectivity index (χ4n) is 1.53. The lowest BCUT2D eigenvalue weighted by Gasteiger charge is -2.26. The first kappa shape index (κ1) is 17.9. The number of halogens is 3. The van der Waals surface area contributed by atoms with Crippen molar-refractivity contribution in [1.82, 2.24) is 9.71 Å². The first-order chi connectivity index (χ1) is 9.54. The highest BCUT2D eigenvalue weighted by Crippen LogP contribution is 2.27. The number of aromatic nitrogens is 1. The van der Waals surface area contributed by atoms with E-state index >= 15 is 0 Å². The van der Waals surface area contributed by atoms with Crippen LogP contribution in [0.2, 0.25) is 0 Å². The van der Waals surface area contributed by atoms with Crippen molar-refractivity contribution in [3.8, 4) is 0 Å². The van der Waals surface area contributed by atoms with Crippen molar-refractivity contribution in [2.75, 3.05) is 6.54 Å². The number of hydrogen-bond acceptors (Lipinski definition) is 4. The van der Waals surface area contributed by atoms with Gasteiger partial charge in [-0.15, -0.1) is 0 Å². The molecule has 0 radical (unpaired) electrons. The third kappa shape index (κ3) is 4.65. The van der Waals surface area contributed by atoms with Crippen molar-refractivity contribution < 1.29 is 21.6 Å². The average molecular weight is 325 g/mol. The SMILES string of the molecule is CCC(N)(CC)CNS(=O)(=O)c1ccc(C(F)(F)F)nc1. The minimum absolute atomic E-state index is 0.00333. The fraction of sp³-hybridized carbons (Fsp3) is 0.583. The van der Waals surface area contributed by atoms with Gasteiger partial charge in [0.25, 0.3) is 0 Å². The minimum Gasteiger partial charge on any atom is -0.324 e. The molecule has 3 N–H and O–H groups in total. The fourth-order valence-corrected chi connectivity index (χ4v) is 2.61. The van der Waals surface area contributed by atoms with Crippen molar-refractivity contribution in [3.63, 3.8) is 0 Å². The Labute approximate surface area is 121 Å². The van der Waals surface area contributed by atoms with Crippen LogP contribution in [-0.4, -0.2) is 25.5 Å². The summed E-state index contributed by atoms with van der Waals surface area (Å²) in [5.74, 6) is 0. The van der Waals surface area contributed by atoms with Crippen LogP contribution in [0.3, 0.4) is 0 Å². The Kier molecular flexibility index (Phi) is 5.35. The van der Waals surface area contributed by atoms with E-state index in [2.05, 4.69) is 9.71 Å². The molecule has 0 aliphatic carbocycles. The Bertz CT molecular complexity index is 566. The van der Waals surface area contributed by atoms with Gasteiger partial charge in [-0.3, -0.25) is 4.98 Å². The smallest absolute Gasteiger partial charge is 0.324 e. The molecule has 0 aromatic carbocycles. The molecule has 0 saturated heterocycles. The number of rotatable bonds is 6. The van der Waals surface area contributed by atoms with Crippen LogP contribution in [0.1, 0.15) is 32.4 Å². The van der Waals surface area contributed by atoms with E-state index in [-0.39, 0.29) is 11.4 Å². The van der Waals surface area contributed by atoms with Gasteiger partial charge in [-0.1, -0.05) is 13.8 Å². The Hall–Kier alpha value is -1.19. The molecule has 1 aromatic rings. The average Bonchev–Trinajstić information content (AvgIpc) is 2.44. The maximum Gasteiger partial charge on any atom is 0.433 e. The maximum absolute atomic E-state index is 12.4. The first-order valence-corrected chi connectivity index (χ1v) is 7.84. The van der Waals surface area contributed by atoms with Gasteiger partial charge in [-0.2, -0.15) is 13.2 Å². The van der Waals surface area contributed by atoms with Crippen LogP contribution >= 0.6 is 0 Å². The standard InChI is InChI=1S/C12H18F3N3O2S/c1-3-11(16,4-2)8-18-21(19,20)9-5-6-10(17-7-9)12(13,14)15/h5-7,18H,3-4,8,16H2,1-2H3. The van der Waals surface area contributed by atoms with Gasteiger partial charge in [-0.05, 0) is 25.0 Å². The lowest BCUT2D eigenvalue weighted by molar-refractivity contribution is -0.141. The Morgan fingerprint density at radius 3 is 2.19 bits per heavy atom. The summed E-state index contributed by atoms with van der Waals surface area (Å²) in [5.41, 5.74) is 4.14. The summed E-state index contributed by atoms with van der Waals surface area (Å²) in [5, 5.41) is 0. The molecule has 0 fully saturated rings. The first-order valence-electron chi connectivity index (χ1n) is 6.36. The lowest BCUT2D eigenvalue weighted by atomic mass is 9.95. The molecule has 9 heteroatoms. The third-order valence-electron chi connectivity index (χ3n) is 3.36. The van der Waals surface area contributed by atoms with Gasteiger partial charge >= 0.3 is 6.18 Å². The monoisotopic (exact) mass is 325 g/mol. The molecule has 0 saturated carbocycles. The van der Waals surface area contributed by atoms with Gasteiger partial charge in [0.2, 0.25) is 10.0 Å². The largest absolute Gasteiger partial charge is 0.433 e. The zero-order valence-corrected chi connectivity index (χ0v) is 12.6. The number of hydrogen-bond donors (Lipinski definition) is 2. The molecular weight excluding hydrogens is 307 g/mol. The molecule has 0 amide bonds. The number of pyridine rings is 1. The number of nitrogens with zero attached hydrogens (tertiary/aromatic N) is 1. The normalized spacial score (nSPS) is 13.4. The summed E-state index contributed by atoms with van der Waals surface area (Å²) in [6.45, 7) is 3.66. The van der Waals surface area contributed by atoms with E-state index in [1.165, 1.54) is 0 Å². The van der Waals surface area contributed by atoms with Crippen molar-refractivity contribution in [2.45, 2.75) is 43.3 Å². The number of alkyl halides is 3. The summed E-state index contributed by atoms with van der Waals surface area (Å²) in [7, 11) is -3.94. The molecular formula is C12H18F3N3O2S. The van der Waals surface area contributed by atoms with E-state index in [1.54, 1.807) is 0 Å². The van der Waals surface area contributed by atoms with Crippen molar-refractivity contribution in [3.05, 3.63) is 24.0 Å². The van der Waals surface area contributed by atoms with Crippen molar-refractivity contribution in [2.24, 2.45) is 5.73 Å². The zero-order chi connectivity index (χ0) is 16.3. The molecule has 0 unspecified atom stereocenters. The highest BCUT2D eigenvalue weighted by Gasteiger charge is 2.32. The summed E-state index contributed by atoms with van der Waals surface area (Å²) in [6.07, 6.45) is -2.79. The molecule has 0 bridgehead atoms. The quantitative estimate of drug-likeness (QED) is 0.836. The van der Waals surface area contributed by atoms with E-state index in [1.807, 2.05) is 13.8 Å². The molecule has 120 valence electrons. The predicted octanol–water partition coefficient (Wildman–Crippen LogP) is 1.90. The van der Waals surface area contributed by atoms with Gasteiger partial charge in [0.15, 0.2) is 0 Å². The number of nitrogens with two attached hydrogens (primary N) is 1. The van der Waals surface area contributed by atoms with E-state index in [0.29, 0.717) is 25.1 Å². The summed E-state index contributed by atoms with van der Waals surface area (Å²) < 4.78 is 63.4. The van der Waals surface area contributed by atoms with Crippen molar-refractivity contribution in [1.29, 1.82) is 0 Å². The highest BCUT2D eigenvalue weighted by atomic mass is 32.2. The molecule has 0 aliphatic rings. The van der Waals surface area contributed by atoms with Crippen LogP contribution in [0.4, 0.5) is 13.2 Å². The van der Waals surface area contributed by atoms with Crippen LogP contribution in [-0.2, 0) is 16.2 Å². The molecule has 1 rings (SSSR count). The van der Waals surface area contributed by atoms with Gasteiger partial charge in [0.05, 0.1) is 0 Å². The molecule has 0 aliphatic heterocycles. The van der Waals surface area contributed by atoms with Crippen molar-refractivity contribution >= 4 is 10.0 Å². The maximum atomic E-state index is 12.4. The second-order valence-corrected chi connectivity index (χ2v) is 6.54. The zero-order valence-electron chi connectivity index (χ0n) is 11.7. The molecule has 5 nitrogen and oxygen atoms in total. The summed E-state index contributed by atoms with van der Waals surface area (Å²) in [6, 6.07) is 1.50. The second-order valence-electron chi connectivity index (χ2n) is 4.77. The van der Waals surface area contributed by atoms with E-state index in [9.17, 15) is 21.6 Å². The van der Waals surface area contributed by atoms with E-state index < -0.39 is 27.4 Å². The highest BCUT2D eigenvalue weighted by molar-refractivity contribution is 7.89. The minimum atomic E-state index is -4.60. The molecule has 21 heavy (non-hydrogen) atoms. The summed E-state index contributed by atoms with van der Waals surface area (Å²) in [4.78, 5) is 2.80. The molecule has 1 heterocycles. The van der Waals surface area contributed by atoms with E-state index in [0.717, 1.165) is 6.07 Å². The summed E-state index contributed by atoms with van der Waals surface area (Å²) >= 11 is 0. The van der Waals surface area contributed by atoms with Gasteiger partial charge in [0, 0.05) is 18.3 Å². The topological polar surface area (TPSA) is 85.1 Å². The Morgan fingerprint density at radius 1 is 1.24 bits per heavy atom. The molecule has 0 spiro atoms. The van der Waals surface area contributed by atoms with Crippen LogP contribution in [0, 0.1) is 0 Å².